The summed E-state index contributed by atoms with van der Waals surface area (Å²) in [7, 11) is 0. The van der Waals surface area contributed by atoms with Gasteiger partial charge in [0.25, 0.3) is 0 Å². The molecule has 0 aliphatic heterocycles. The molecule has 0 saturated carbocycles. The molecule has 1 nitrogen and oxygen atoms in total. The summed E-state index contributed by atoms with van der Waals surface area (Å²) in [4.78, 5) is 0. The van der Waals surface area contributed by atoms with E-state index < -0.39 is 0 Å². The van der Waals surface area contributed by atoms with Crippen LogP contribution in [0.25, 0.3) is 22.6 Å². The molecule has 20 heavy (non-hydrogen) atoms. The van der Waals surface area contributed by atoms with E-state index in [1.165, 1.54) is 0 Å². The number of hydrogen-bond acceptors (Lipinski definition) is 1. The van der Waals surface area contributed by atoms with Gasteiger partial charge in [0.05, 0.1) is 0 Å². The summed E-state index contributed by atoms with van der Waals surface area (Å²) in [6.07, 6.45) is 9.46. The summed E-state index contributed by atoms with van der Waals surface area (Å²) >= 11 is 0. The molecule has 0 spiro atoms. The van der Waals surface area contributed by atoms with Gasteiger partial charge in [-0.2, -0.15) is 0 Å². The van der Waals surface area contributed by atoms with Gasteiger partial charge in [0.1, 0.15) is 11.3 Å². The van der Waals surface area contributed by atoms with E-state index >= 15 is 0 Å². The molecule has 2 aromatic rings. The summed E-state index contributed by atoms with van der Waals surface area (Å²) in [6, 6.07) is 7.97. The van der Waals surface area contributed by atoms with Gasteiger partial charge in [-0.05, 0) is 30.2 Å². The number of hydrogen-bond donors (Lipinski definition) is 0. The summed E-state index contributed by atoms with van der Waals surface area (Å²) in [6.45, 7) is 13.7. The van der Waals surface area contributed by atoms with E-state index in [-0.39, 0.29) is 0 Å². The van der Waals surface area contributed by atoms with Crippen LogP contribution >= 0.6 is 0 Å². The van der Waals surface area contributed by atoms with Crippen molar-refractivity contribution in [3.05, 3.63) is 85.2 Å². The Labute approximate surface area is 119 Å². The number of fused-ring (bicyclic) bond motifs is 1. The minimum atomic E-state index is 0.789. The smallest absolute Gasteiger partial charge is 0.136 e. The molecule has 0 aliphatic carbocycles. The van der Waals surface area contributed by atoms with Crippen molar-refractivity contribution in [1.82, 2.24) is 0 Å². The number of furan rings is 1. The van der Waals surface area contributed by atoms with Gasteiger partial charge in [-0.3, -0.25) is 0 Å². The highest BCUT2D eigenvalue weighted by molar-refractivity contribution is 5.96. The van der Waals surface area contributed by atoms with Crippen LogP contribution in [-0.4, -0.2) is 0 Å². The topological polar surface area (TPSA) is 13.1 Å². The first-order chi connectivity index (χ1) is 9.67. The minimum absolute atomic E-state index is 0.789. The van der Waals surface area contributed by atoms with Crippen LogP contribution in [0.1, 0.15) is 18.2 Å². The van der Waals surface area contributed by atoms with E-state index in [9.17, 15) is 0 Å². The number of allylic oxidation sites excluding steroid dienone is 6. The molecule has 100 valence electrons. The minimum Gasteiger partial charge on any atom is -0.456 e. The summed E-state index contributed by atoms with van der Waals surface area (Å²) in [5, 5.41) is 1.07. The molecule has 1 heteroatoms. The lowest BCUT2D eigenvalue weighted by molar-refractivity contribution is 0.603. The maximum absolute atomic E-state index is 5.90. The molecule has 0 radical (unpaired) electrons. The Balaban J connectivity index is 2.60. The standard InChI is InChI=1S/C19H18O/c1-5-9-15(4)19-16-10-7-8-11-17(16)20-18(19)13-12-14(3)6-2/h5-13H,2-4H2,1H3/b9-5-,13-12-. The molecule has 1 aromatic carbocycles. The fourth-order valence-corrected chi connectivity index (χ4v) is 2.05. The van der Waals surface area contributed by atoms with E-state index in [1.807, 2.05) is 55.5 Å². The van der Waals surface area contributed by atoms with E-state index in [1.54, 1.807) is 6.08 Å². The second kappa shape index (κ2) is 6.07. The maximum atomic E-state index is 5.90. The van der Waals surface area contributed by atoms with Gasteiger partial charge in [-0.15, -0.1) is 0 Å². The van der Waals surface area contributed by atoms with Crippen molar-refractivity contribution < 1.29 is 4.42 Å². The van der Waals surface area contributed by atoms with E-state index in [2.05, 4.69) is 19.7 Å². The predicted molar refractivity (Wildman–Crippen MR) is 88.4 cm³/mol. The average Bonchev–Trinajstić information content (AvgIpc) is 2.83. The Kier molecular flexibility index (Phi) is 4.21. The molecular formula is C19H18O. The average molecular weight is 262 g/mol. The summed E-state index contributed by atoms with van der Waals surface area (Å²) < 4.78 is 5.90. The van der Waals surface area contributed by atoms with Gasteiger partial charge in [-0.1, -0.05) is 62.2 Å². The van der Waals surface area contributed by atoms with Crippen LogP contribution < -0.4 is 0 Å². The van der Waals surface area contributed by atoms with Crippen LogP contribution in [0.4, 0.5) is 0 Å². The second-order valence-electron chi connectivity index (χ2n) is 4.48. The Morgan fingerprint density at radius 2 is 1.90 bits per heavy atom. The number of rotatable bonds is 5. The van der Waals surface area contributed by atoms with Crippen molar-refractivity contribution in [3.63, 3.8) is 0 Å². The molecule has 2 rings (SSSR count). The summed E-state index contributed by atoms with van der Waals surface area (Å²) in [5.41, 5.74) is 3.65. The molecule has 0 atom stereocenters. The van der Waals surface area contributed by atoms with E-state index in [0.29, 0.717) is 0 Å². The van der Waals surface area contributed by atoms with Crippen molar-refractivity contribution in [2.24, 2.45) is 0 Å². The van der Waals surface area contributed by atoms with Crippen LogP contribution in [0, 0.1) is 0 Å². The molecule has 1 aromatic heterocycles. The van der Waals surface area contributed by atoms with E-state index in [4.69, 9.17) is 4.42 Å². The van der Waals surface area contributed by atoms with Crippen molar-refractivity contribution in [3.8, 4) is 0 Å². The van der Waals surface area contributed by atoms with Gasteiger partial charge in [0, 0.05) is 10.9 Å². The Bertz CT molecular complexity index is 723. The zero-order valence-electron chi connectivity index (χ0n) is 11.7. The molecule has 0 aliphatic rings. The lowest BCUT2D eigenvalue weighted by Crippen LogP contribution is -1.81. The van der Waals surface area contributed by atoms with Crippen LogP contribution in [0.5, 0.6) is 0 Å². The number of para-hydroxylation sites is 1. The van der Waals surface area contributed by atoms with Crippen molar-refractivity contribution in [2.75, 3.05) is 0 Å². The van der Waals surface area contributed by atoms with Crippen LogP contribution in [0.2, 0.25) is 0 Å². The third kappa shape index (κ3) is 2.72. The molecule has 0 amide bonds. The van der Waals surface area contributed by atoms with Gasteiger partial charge in [-0.25, -0.2) is 0 Å². The van der Waals surface area contributed by atoms with Crippen molar-refractivity contribution in [1.29, 1.82) is 0 Å². The quantitative estimate of drug-likeness (QED) is 0.623. The van der Waals surface area contributed by atoms with Crippen molar-refractivity contribution >= 4 is 22.6 Å². The van der Waals surface area contributed by atoms with Crippen LogP contribution in [0.3, 0.4) is 0 Å². The zero-order chi connectivity index (χ0) is 14.5. The van der Waals surface area contributed by atoms with Crippen LogP contribution in [0.15, 0.2) is 78.3 Å². The second-order valence-corrected chi connectivity index (χ2v) is 4.48. The molecule has 0 fully saturated rings. The molecular weight excluding hydrogens is 244 g/mol. The zero-order valence-corrected chi connectivity index (χ0v) is 11.7. The Morgan fingerprint density at radius 1 is 1.15 bits per heavy atom. The molecule has 0 N–H and O–H groups in total. The first-order valence-electron chi connectivity index (χ1n) is 6.50. The highest BCUT2D eigenvalue weighted by Crippen LogP contribution is 2.32. The SMILES string of the molecule is C=CC(=C)/C=C\c1oc2ccccc2c1C(=C)/C=C\C. The first-order valence-corrected chi connectivity index (χ1v) is 6.50. The molecule has 0 saturated heterocycles. The Morgan fingerprint density at radius 3 is 2.60 bits per heavy atom. The molecule has 0 unspecified atom stereocenters. The van der Waals surface area contributed by atoms with Gasteiger partial charge in [0.15, 0.2) is 0 Å². The highest BCUT2D eigenvalue weighted by Gasteiger charge is 2.12. The molecule has 1 heterocycles. The normalized spacial score (nSPS) is 11.4. The third-order valence-corrected chi connectivity index (χ3v) is 3.02. The predicted octanol–water partition coefficient (Wildman–Crippen LogP) is 5.78. The molecule has 0 bridgehead atoms. The summed E-state index contributed by atoms with van der Waals surface area (Å²) in [5.74, 6) is 0.789. The van der Waals surface area contributed by atoms with Crippen molar-refractivity contribution in [2.45, 2.75) is 6.92 Å². The lowest BCUT2D eigenvalue weighted by Gasteiger charge is -1.99. The van der Waals surface area contributed by atoms with Crippen LogP contribution in [-0.2, 0) is 0 Å². The highest BCUT2D eigenvalue weighted by atomic mass is 16.3. The largest absolute Gasteiger partial charge is 0.456 e. The lowest BCUT2D eigenvalue weighted by atomic mass is 10.0. The Hall–Kier alpha value is -2.54. The third-order valence-electron chi connectivity index (χ3n) is 3.02. The fraction of sp³-hybridized carbons (Fsp3) is 0.0526. The maximum Gasteiger partial charge on any atom is 0.136 e. The van der Waals surface area contributed by atoms with Gasteiger partial charge in [0.2, 0.25) is 0 Å². The van der Waals surface area contributed by atoms with Gasteiger partial charge < -0.3 is 4.42 Å². The number of benzene rings is 1. The monoisotopic (exact) mass is 262 g/mol. The first kappa shape index (κ1) is 13.9. The fourth-order valence-electron chi connectivity index (χ4n) is 2.05. The van der Waals surface area contributed by atoms with E-state index in [0.717, 1.165) is 33.4 Å². The van der Waals surface area contributed by atoms with Gasteiger partial charge >= 0.3 is 0 Å².